The number of hydrogen-bond acceptors (Lipinski definition) is 6. The van der Waals surface area contributed by atoms with E-state index in [9.17, 15) is 14.7 Å². The van der Waals surface area contributed by atoms with Gasteiger partial charge in [-0.2, -0.15) is 0 Å². The SMILES string of the molecule is COc1ccc(/C(O)=C2/C(=O)C(=O)N(c3cc(Cl)ccc3C)C2c2cccnc2)c(OC)c1. The van der Waals surface area contributed by atoms with Gasteiger partial charge in [0.2, 0.25) is 0 Å². The van der Waals surface area contributed by atoms with E-state index >= 15 is 0 Å². The quantitative estimate of drug-likeness (QED) is 0.335. The predicted molar refractivity (Wildman–Crippen MR) is 125 cm³/mol. The van der Waals surface area contributed by atoms with Crippen molar-refractivity contribution >= 4 is 34.7 Å². The van der Waals surface area contributed by atoms with Crippen LogP contribution in [0.3, 0.4) is 0 Å². The van der Waals surface area contributed by atoms with Crippen molar-refractivity contribution < 1.29 is 24.2 Å². The third kappa shape index (κ3) is 3.91. The monoisotopic (exact) mass is 464 g/mol. The van der Waals surface area contributed by atoms with Crippen LogP contribution in [-0.2, 0) is 9.59 Å². The zero-order valence-corrected chi connectivity index (χ0v) is 19.0. The summed E-state index contributed by atoms with van der Waals surface area (Å²) in [5.41, 5.74) is 1.96. The van der Waals surface area contributed by atoms with E-state index in [0.717, 1.165) is 5.56 Å². The Balaban J connectivity index is 1.98. The highest BCUT2D eigenvalue weighted by Gasteiger charge is 2.47. The molecule has 1 saturated heterocycles. The van der Waals surface area contributed by atoms with Crippen molar-refractivity contribution in [2.45, 2.75) is 13.0 Å². The topological polar surface area (TPSA) is 89.0 Å². The molecule has 0 radical (unpaired) electrons. The van der Waals surface area contributed by atoms with Crippen LogP contribution in [0, 0.1) is 6.92 Å². The number of carbonyl (C=O) groups is 2. The molecule has 0 spiro atoms. The van der Waals surface area contributed by atoms with Gasteiger partial charge >= 0.3 is 0 Å². The summed E-state index contributed by atoms with van der Waals surface area (Å²) >= 11 is 6.21. The Morgan fingerprint density at radius 1 is 1.09 bits per heavy atom. The summed E-state index contributed by atoms with van der Waals surface area (Å²) in [4.78, 5) is 32.0. The van der Waals surface area contributed by atoms with E-state index < -0.39 is 17.7 Å². The molecule has 168 valence electrons. The Hall–Kier alpha value is -3.84. The molecule has 2 aromatic carbocycles. The molecule has 33 heavy (non-hydrogen) atoms. The van der Waals surface area contributed by atoms with Gasteiger partial charge in [0.15, 0.2) is 0 Å². The second kappa shape index (κ2) is 8.96. The van der Waals surface area contributed by atoms with Gasteiger partial charge in [0, 0.05) is 29.2 Å². The van der Waals surface area contributed by atoms with Gasteiger partial charge in [-0.25, -0.2) is 0 Å². The molecule has 1 aromatic heterocycles. The lowest BCUT2D eigenvalue weighted by molar-refractivity contribution is -0.132. The van der Waals surface area contributed by atoms with E-state index in [-0.39, 0.29) is 16.9 Å². The summed E-state index contributed by atoms with van der Waals surface area (Å²) in [6, 6.07) is 12.4. The molecule has 1 aliphatic heterocycles. The first-order chi connectivity index (χ1) is 15.9. The fourth-order valence-electron chi connectivity index (χ4n) is 3.92. The lowest BCUT2D eigenvalue weighted by atomic mass is 9.95. The van der Waals surface area contributed by atoms with Gasteiger partial charge in [-0.05, 0) is 48.4 Å². The second-order valence-corrected chi connectivity index (χ2v) is 7.89. The number of ketones is 1. The number of aryl methyl sites for hydroxylation is 1. The molecule has 1 N–H and O–H groups in total. The third-order valence-corrected chi connectivity index (χ3v) is 5.77. The number of aliphatic hydroxyl groups excluding tert-OH is 1. The molecule has 0 bridgehead atoms. The van der Waals surface area contributed by atoms with Crippen molar-refractivity contribution in [3.8, 4) is 11.5 Å². The van der Waals surface area contributed by atoms with Crippen LogP contribution in [0.5, 0.6) is 11.5 Å². The van der Waals surface area contributed by atoms with Crippen LogP contribution in [0.4, 0.5) is 5.69 Å². The third-order valence-electron chi connectivity index (χ3n) is 5.54. The molecule has 2 heterocycles. The number of pyridine rings is 1. The van der Waals surface area contributed by atoms with Crippen molar-refractivity contribution in [1.82, 2.24) is 4.98 Å². The number of halogens is 1. The molecular formula is C25H21ClN2O5. The number of Topliss-reactive ketones (excluding diaryl/α,β-unsaturated/α-hetero) is 1. The highest BCUT2D eigenvalue weighted by atomic mass is 35.5. The largest absolute Gasteiger partial charge is 0.507 e. The summed E-state index contributed by atoms with van der Waals surface area (Å²) < 4.78 is 10.6. The fourth-order valence-corrected chi connectivity index (χ4v) is 4.08. The van der Waals surface area contributed by atoms with E-state index in [2.05, 4.69) is 4.98 Å². The van der Waals surface area contributed by atoms with Gasteiger partial charge < -0.3 is 14.6 Å². The van der Waals surface area contributed by atoms with Gasteiger partial charge in [0.25, 0.3) is 11.7 Å². The average Bonchev–Trinajstić information content (AvgIpc) is 3.10. The first kappa shape index (κ1) is 22.4. The van der Waals surface area contributed by atoms with Gasteiger partial charge in [-0.15, -0.1) is 0 Å². The van der Waals surface area contributed by atoms with Crippen LogP contribution < -0.4 is 14.4 Å². The van der Waals surface area contributed by atoms with Crippen LogP contribution in [-0.4, -0.2) is 36.0 Å². The van der Waals surface area contributed by atoms with Gasteiger partial charge in [-0.3, -0.25) is 19.5 Å². The van der Waals surface area contributed by atoms with E-state index in [4.69, 9.17) is 21.1 Å². The number of hydrogen-bond donors (Lipinski definition) is 1. The van der Waals surface area contributed by atoms with Crippen LogP contribution in [0.25, 0.3) is 5.76 Å². The van der Waals surface area contributed by atoms with Crippen LogP contribution in [0.1, 0.15) is 22.7 Å². The number of carbonyl (C=O) groups excluding carboxylic acids is 2. The Bertz CT molecular complexity index is 1270. The maximum atomic E-state index is 13.3. The molecule has 4 rings (SSSR count). The number of benzene rings is 2. The van der Waals surface area contributed by atoms with Crippen molar-refractivity contribution in [2.24, 2.45) is 0 Å². The summed E-state index contributed by atoms with van der Waals surface area (Å²) in [7, 11) is 2.95. The van der Waals surface area contributed by atoms with Crippen molar-refractivity contribution in [1.29, 1.82) is 0 Å². The maximum absolute atomic E-state index is 13.3. The number of aromatic nitrogens is 1. The van der Waals surface area contributed by atoms with Crippen LogP contribution in [0.2, 0.25) is 5.02 Å². The van der Waals surface area contributed by atoms with Crippen LogP contribution >= 0.6 is 11.6 Å². The molecule has 1 unspecified atom stereocenters. The van der Waals surface area contributed by atoms with Gasteiger partial charge in [-0.1, -0.05) is 23.7 Å². The number of ether oxygens (including phenoxy) is 2. The maximum Gasteiger partial charge on any atom is 0.300 e. The minimum atomic E-state index is -0.914. The number of aliphatic hydroxyl groups is 1. The fraction of sp³-hybridized carbons (Fsp3) is 0.160. The van der Waals surface area contributed by atoms with Crippen molar-refractivity contribution in [3.05, 3.63) is 88.2 Å². The summed E-state index contributed by atoms with van der Waals surface area (Å²) in [5, 5.41) is 11.7. The predicted octanol–water partition coefficient (Wildman–Crippen LogP) is 4.69. The zero-order valence-electron chi connectivity index (χ0n) is 18.2. The molecule has 1 aliphatic rings. The number of anilines is 1. The normalized spacial score (nSPS) is 17.3. The molecule has 1 fully saturated rings. The van der Waals surface area contributed by atoms with Gasteiger partial charge in [0.1, 0.15) is 17.3 Å². The molecule has 1 amide bonds. The summed E-state index contributed by atoms with van der Waals surface area (Å²) in [6.45, 7) is 1.82. The highest BCUT2D eigenvalue weighted by molar-refractivity contribution is 6.52. The van der Waals surface area contributed by atoms with Crippen molar-refractivity contribution in [2.75, 3.05) is 19.1 Å². The number of rotatable bonds is 5. The minimum Gasteiger partial charge on any atom is -0.507 e. The standard InChI is InChI=1S/C25H21ClN2O5/c1-14-6-7-16(26)11-19(14)28-22(15-5-4-10-27-13-15)21(24(30)25(28)31)23(29)18-9-8-17(32-2)12-20(18)33-3/h4-13,22,29H,1-3H3/b23-21-. The summed E-state index contributed by atoms with van der Waals surface area (Å²) in [6.07, 6.45) is 3.15. The molecule has 1 atom stereocenters. The second-order valence-electron chi connectivity index (χ2n) is 7.45. The lowest BCUT2D eigenvalue weighted by Gasteiger charge is -2.26. The van der Waals surface area contributed by atoms with E-state index in [1.165, 1.54) is 19.1 Å². The first-order valence-corrected chi connectivity index (χ1v) is 10.4. The molecule has 0 saturated carbocycles. The molecule has 8 heteroatoms. The molecule has 7 nitrogen and oxygen atoms in total. The Labute approximate surface area is 195 Å². The molecule has 0 aliphatic carbocycles. The Morgan fingerprint density at radius 3 is 2.55 bits per heavy atom. The first-order valence-electron chi connectivity index (χ1n) is 10.1. The Morgan fingerprint density at radius 2 is 1.88 bits per heavy atom. The molecular weight excluding hydrogens is 444 g/mol. The summed E-state index contributed by atoms with van der Waals surface area (Å²) in [5.74, 6) is -1.14. The number of methoxy groups -OCH3 is 2. The minimum absolute atomic E-state index is 0.0733. The van der Waals surface area contributed by atoms with Crippen LogP contribution in [0.15, 0.2) is 66.5 Å². The Kier molecular flexibility index (Phi) is 6.07. The smallest absolute Gasteiger partial charge is 0.300 e. The zero-order chi connectivity index (χ0) is 23.7. The number of amides is 1. The van der Waals surface area contributed by atoms with E-state index in [1.807, 2.05) is 6.92 Å². The lowest BCUT2D eigenvalue weighted by Crippen LogP contribution is -2.30. The van der Waals surface area contributed by atoms with E-state index in [0.29, 0.717) is 27.8 Å². The van der Waals surface area contributed by atoms with E-state index in [1.54, 1.807) is 60.9 Å². The number of nitrogens with zero attached hydrogens (tertiary/aromatic N) is 2. The molecule has 3 aromatic rings. The van der Waals surface area contributed by atoms with Crippen molar-refractivity contribution in [3.63, 3.8) is 0 Å². The highest BCUT2D eigenvalue weighted by Crippen LogP contribution is 2.44. The van der Waals surface area contributed by atoms with Gasteiger partial charge in [0.05, 0.1) is 31.4 Å². The average molecular weight is 465 g/mol.